The van der Waals surface area contributed by atoms with E-state index in [1.165, 1.54) is 0 Å². The van der Waals surface area contributed by atoms with Crippen LogP contribution in [0.2, 0.25) is 0 Å². The first-order chi connectivity index (χ1) is 3.27. The van der Waals surface area contributed by atoms with Gasteiger partial charge in [-0.25, -0.2) is 0 Å². The molecule has 0 saturated heterocycles. The van der Waals surface area contributed by atoms with Gasteiger partial charge in [-0.3, -0.25) is 0 Å². The maximum absolute atomic E-state index is 4.84. The van der Waals surface area contributed by atoms with E-state index in [-0.39, 0.29) is 0 Å². The van der Waals surface area contributed by atoms with Gasteiger partial charge in [-0.05, 0) is 12.8 Å². The Morgan fingerprint density at radius 3 is 2.29 bits per heavy atom. The molecule has 0 atom stereocenters. The zero-order chi connectivity index (χ0) is 5.70. The van der Waals surface area contributed by atoms with Crippen LogP contribution in [-0.4, -0.2) is 6.61 Å². The van der Waals surface area contributed by atoms with E-state index in [1.54, 1.807) is 6.92 Å². The van der Waals surface area contributed by atoms with Crippen LogP contribution < -0.4 is 0 Å². The summed E-state index contributed by atoms with van der Waals surface area (Å²) in [6.45, 7) is 9.37. The zero-order valence-corrected chi connectivity index (χ0v) is 5.19. The summed E-state index contributed by atoms with van der Waals surface area (Å²) in [5.74, 6) is 0.618. The zero-order valence-electron chi connectivity index (χ0n) is 5.19. The van der Waals surface area contributed by atoms with Gasteiger partial charge in [-0.2, -0.15) is 0 Å². The second kappa shape index (κ2) is 4.13. The molecule has 0 N–H and O–H groups in total. The molecule has 0 aliphatic heterocycles. The van der Waals surface area contributed by atoms with E-state index in [0.29, 0.717) is 5.92 Å². The Kier molecular flexibility index (Phi) is 4.10. The van der Waals surface area contributed by atoms with Crippen molar-refractivity contribution >= 4 is 0 Å². The van der Waals surface area contributed by atoms with Crippen molar-refractivity contribution in [2.45, 2.75) is 20.8 Å². The lowest BCUT2D eigenvalue weighted by Gasteiger charge is -2.00. The normalized spacial score (nSPS) is 10.3. The number of rotatable bonds is 3. The lowest BCUT2D eigenvalue weighted by atomic mass is 10.2. The molecule has 1 heteroatoms. The molecule has 7 heavy (non-hydrogen) atoms. The largest absolute Gasteiger partial charge is 0.369 e. The van der Waals surface area contributed by atoms with Crippen LogP contribution in [0.3, 0.4) is 0 Å². The first kappa shape index (κ1) is 6.96. The van der Waals surface area contributed by atoms with Crippen LogP contribution in [0.1, 0.15) is 20.8 Å². The van der Waals surface area contributed by atoms with Gasteiger partial charge in [0.05, 0.1) is 0 Å². The standard InChI is InChI=1S/C6H12O/c1-4-7-5-6(2)3/h6H,5H2,1-3H3. The van der Waals surface area contributed by atoms with Crippen LogP contribution in [0.25, 0.3) is 0 Å². The summed E-state index contributed by atoms with van der Waals surface area (Å²) in [6, 6.07) is 0. The average Bonchev–Trinajstić information content (AvgIpc) is 1.61. The summed E-state index contributed by atoms with van der Waals surface area (Å²) < 4.78 is 4.84. The van der Waals surface area contributed by atoms with Gasteiger partial charge in [0.2, 0.25) is 0 Å². The highest BCUT2D eigenvalue weighted by Gasteiger charge is 1.89. The Labute approximate surface area is 45.7 Å². The minimum absolute atomic E-state index is 0.618. The Morgan fingerprint density at radius 1 is 1.57 bits per heavy atom. The fourth-order valence-electron chi connectivity index (χ4n) is 0.250. The van der Waals surface area contributed by atoms with E-state index in [4.69, 9.17) is 4.74 Å². The summed E-state index contributed by atoms with van der Waals surface area (Å²) >= 11 is 0. The van der Waals surface area contributed by atoms with Crippen LogP contribution >= 0.6 is 0 Å². The second-order valence-electron chi connectivity index (χ2n) is 1.91. The summed E-state index contributed by atoms with van der Waals surface area (Å²) in [6.07, 6.45) is 0. The lowest BCUT2D eigenvalue weighted by molar-refractivity contribution is 0.172. The number of hydrogen-bond donors (Lipinski definition) is 0. The van der Waals surface area contributed by atoms with Crippen LogP contribution in [0, 0.1) is 12.5 Å². The van der Waals surface area contributed by atoms with Gasteiger partial charge in [0.15, 0.2) is 0 Å². The third kappa shape index (κ3) is 5.96. The molecule has 0 aliphatic carbocycles. The minimum Gasteiger partial charge on any atom is -0.369 e. The number of hydrogen-bond acceptors (Lipinski definition) is 1. The Hall–Kier alpha value is -0.0400. The third-order valence-electron chi connectivity index (χ3n) is 0.561. The van der Waals surface area contributed by atoms with Crippen molar-refractivity contribution in [3.05, 3.63) is 6.61 Å². The second-order valence-corrected chi connectivity index (χ2v) is 1.91. The van der Waals surface area contributed by atoms with Gasteiger partial charge in [0, 0.05) is 6.61 Å². The van der Waals surface area contributed by atoms with E-state index in [1.807, 2.05) is 0 Å². The van der Waals surface area contributed by atoms with Crippen LogP contribution in [0.15, 0.2) is 0 Å². The van der Waals surface area contributed by atoms with Crippen LogP contribution in [0.5, 0.6) is 0 Å². The molecule has 0 unspecified atom stereocenters. The molecule has 0 spiro atoms. The molecule has 0 aromatic carbocycles. The van der Waals surface area contributed by atoms with E-state index in [2.05, 4.69) is 20.5 Å². The van der Waals surface area contributed by atoms with Crippen molar-refractivity contribution in [1.82, 2.24) is 0 Å². The monoisotopic (exact) mass is 100 g/mol. The third-order valence-corrected chi connectivity index (χ3v) is 0.561. The van der Waals surface area contributed by atoms with Gasteiger partial charge in [0.25, 0.3) is 0 Å². The van der Waals surface area contributed by atoms with E-state index in [9.17, 15) is 0 Å². The Bertz CT molecular complexity index is 33.2. The summed E-state index contributed by atoms with van der Waals surface area (Å²) in [5.41, 5.74) is 0. The van der Waals surface area contributed by atoms with Crippen molar-refractivity contribution in [2.75, 3.05) is 6.61 Å². The van der Waals surface area contributed by atoms with Crippen molar-refractivity contribution in [3.63, 3.8) is 0 Å². The first-order valence-electron chi connectivity index (χ1n) is 2.56. The highest BCUT2D eigenvalue weighted by atomic mass is 16.5. The summed E-state index contributed by atoms with van der Waals surface area (Å²) in [4.78, 5) is 0. The molecule has 0 fully saturated rings. The fourth-order valence-corrected chi connectivity index (χ4v) is 0.250. The number of ether oxygens (including phenoxy) is 1. The van der Waals surface area contributed by atoms with E-state index < -0.39 is 0 Å². The topological polar surface area (TPSA) is 9.23 Å². The molecule has 0 rings (SSSR count). The van der Waals surface area contributed by atoms with Gasteiger partial charge in [-0.15, -0.1) is 0 Å². The molecule has 0 amide bonds. The SMILES string of the molecule is C[C]OCC(C)C. The predicted molar refractivity (Wildman–Crippen MR) is 29.7 cm³/mol. The van der Waals surface area contributed by atoms with Crippen molar-refractivity contribution in [3.8, 4) is 0 Å². The average molecular weight is 100 g/mol. The molecule has 2 radical (unpaired) electrons. The van der Waals surface area contributed by atoms with Crippen molar-refractivity contribution in [1.29, 1.82) is 0 Å². The predicted octanol–water partition coefficient (Wildman–Crippen LogP) is 1.72. The van der Waals surface area contributed by atoms with E-state index >= 15 is 0 Å². The lowest BCUT2D eigenvalue weighted by Crippen LogP contribution is -1.97. The molecule has 0 bridgehead atoms. The molecule has 0 aromatic heterocycles. The molecule has 0 aliphatic rings. The molecule has 1 nitrogen and oxygen atoms in total. The van der Waals surface area contributed by atoms with Gasteiger partial charge in [0.1, 0.15) is 6.61 Å². The van der Waals surface area contributed by atoms with E-state index in [0.717, 1.165) is 6.61 Å². The molecular weight excluding hydrogens is 88.1 g/mol. The molecule has 42 valence electrons. The van der Waals surface area contributed by atoms with Gasteiger partial charge >= 0.3 is 0 Å². The van der Waals surface area contributed by atoms with Crippen molar-refractivity contribution in [2.24, 2.45) is 5.92 Å². The van der Waals surface area contributed by atoms with Gasteiger partial charge in [-0.1, -0.05) is 13.8 Å². The highest BCUT2D eigenvalue weighted by Crippen LogP contribution is 1.92. The summed E-state index contributed by atoms with van der Waals surface area (Å²) in [7, 11) is 0. The highest BCUT2D eigenvalue weighted by molar-refractivity contribution is 4.41. The quantitative estimate of drug-likeness (QED) is 0.524. The molecule has 0 saturated carbocycles. The van der Waals surface area contributed by atoms with Crippen LogP contribution in [0.4, 0.5) is 0 Å². The Balaban J connectivity index is 2.68. The minimum atomic E-state index is 0.618. The smallest absolute Gasteiger partial charge is 0.128 e. The maximum atomic E-state index is 4.84. The van der Waals surface area contributed by atoms with Crippen LogP contribution in [-0.2, 0) is 4.74 Å². The molecule has 0 heterocycles. The Morgan fingerprint density at radius 2 is 2.14 bits per heavy atom. The summed E-state index contributed by atoms with van der Waals surface area (Å²) in [5, 5.41) is 0. The fraction of sp³-hybridized carbons (Fsp3) is 0.833. The first-order valence-corrected chi connectivity index (χ1v) is 2.56. The molecular formula is C6H12O. The van der Waals surface area contributed by atoms with Crippen molar-refractivity contribution < 1.29 is 4.74 Å². The maximum Gasteiger partial charge on any atom is 0.128 e. The molecule has 0 aromatic rings. The van der Waals surface area contributed by atoms with Gasteiger partial charge < -0.3 is 4.74 Å².